The Morgan fingerprint density at radius 2 is 1.12 bits per heavy atom. The Hall–Kier alpha value is -2.76. The molecule has 0 saturated carbocycles. The Morgan fingerprint density at radius 3 is 1.62 bits per heavy atom. The second-order valence-corrected chi connectivity index (χ2v) is 7.90. The molecule has 3 aromatic rings. The lowest BCUT2D eigenvalue weighted by Crippen LogP contribution is -2.38. The first-order chi connectivity index (χ1) is 15.8. The molecule has 4 rings (SSSR count). The van der Waals surface area contributed by atoms with E-state index < -0.39 is 0 Å². The Kier molecular flexibility index (Phi) is 8.23. The average molecular weight is 431 g/mol. The van der Waals surface area contributed by atoms with Gasteiger partial charge in [-0.1, -0.05) is 97.1 Å². The van der Waals surface area contributed by atoms with Crippen molar-refractivity contribution in [1.29, 1.82) is 0 Å². The molecule has 4 nitrogen and oxygen atoms in total. The van der Waals surface area contributed by atoms with Crippen molar-refractivity contribution < 1.29 is 18.9 Å². The van der Waals surface area contributed by atoms with E-state index in [0.717, 1.165) is 16.7 Å². The third kappa shape index (κ3) is 6.15. The van der Waals surface area contributed by atoms with Crippen LogP contribution >= 0.6 is 0 Å². The second kappa shape index (κ2) is 11.7. The van der Waals surface area contributed by atoms with Crippen molar-refractivity contribution in [2.45, 2.75) is 44.2 Å². The summed E-state index contributed by atoms with van der Waals surface area (Å²) in [6.45, 7) is 5.88. The maximum absolute atomic E-state index is 6.36. The molecule has 3 aromatic carbocycles. The van der Waals surface area contributed by atoms with Crippen molar-refractivity contribution >= 4 is 0 Å². The van der Waals surface area contributed by atoms with Crippen molar-refractivity contribution in [1.82, 2.24) is 0 Å². The van der Waals surface area contributed by atoms with Crippen LogP contribution in [0.4, 0.5) is 0 Å². The zero-order chi connectivity index (χ0) is 22.0. The molecule has 0 unspecified atom stereocenters. The van der Waals surface area contributed by atoms with E-state index in [0.29, 0.717) is 26.4 Å². The van der Waals surface area contributed by atoms with Gasteiger partial charge in [0.1, 0.15) is 24.4 Å². The summed E-state index contributed by atoms with van der Waals surface area (Å²) in [4.78, 5) is 0. The molecule has 1 fully saturated rings. The predicted octanol–water partition coefficient (Wildman–Crippen LogP) is 5.33. The molecule has 0 amide bonds. The molecule has 0 spiro atoms. The van der Waals surface area contributed by atoms with Gasteiger partial charge in [0.2, 0.25) is 0 Å². The number of ether oxygens (including phenoxy) is 4. The van der Waals surface area contributed by atoms with Crippen molar-refractivity contribution in [2.75, 3.05) is 6.61 Å². The summed E-state index contributed by atoms with van der Waals surface area (Å²) in [5.74, 6) is 0. The van der Waals surface area contributed by atoms with Crippen molar-refractivity contribution in [3.63, 3.8) is 0 Å². The monoisotopic (exact) mass is 430 g/mol. The van der Waals surface area contributed by atoms with E-state index in [2.05, 4.69) is 43.0 Å². The smallest absolute Gasteiger partial charge is 0.116 e. The summed E-state index contributed by atoms with van der Waals surface area (Å²) in [5.41, 5.74) is 3.35. The molecule has 1 aliphatic rings. The highest BCUT2D eigenvalue weighted by Crippen LogP contribution is 2.29. The summed E-state index contributed by atoms with van der Waals surface area (Å²) < 4.78 is 24.9. The second-order valence-electron chi connectivity index (χ2n) is 7.90. The van der Waals surface area contributed by atoms with Gasteiger partial charge in [-0.25, -0.2) is 0 Å². The van der Waals surface area contributed by atoms with Gasteiger partial charge in [0.25, 0.3) is 0 Å². The predicted molar refractivity (Wildman–Crippen MR) is 125 cm³/mol. The van der Waals surface area contributed by atoms with Crippen LogP contribution in [-0.4, -0.2) is 31.0 Å². The van der Waals surface area contributed by atoms with Crippen LogP contribution < -0.4 is 0 Å². The van der Waals surface area contributed by atoms with Gasteiger partial charge in [-0.2, -0.15) is 0 Å². The number of benzene rings is 3. The van der Waals surface area contributed by atoms with E-state index in [1.54, 1.807) is 6.08 Å². The van der Waals surface area contributed by atoms with E-state index in [1.807, 2.05) is 54.6 Å². The van der Waals surface area contributed by atoms with Crippen molar-refractivity contribution in [2.24, 2.45) is 0 Å². The summed E-state index contributed by atoms with van der Waals surface area (Å²) in [7, 11) is 0. The summed E-state index contributed by atoms with van der Waals surface area (Å²) in [6, 6.07) is 30.4. The van der Waals surface area contributed by atoms with E-state index >= 15 is 0 Å². The number of hydrogen-bond acceptors (Lipinski definition) is 4. The lowest BCUT2D eigenvalue weighted by Gasteiger charge is -2.24. The molecule has 1 heterocycles. The van der Waals surface area contributed by atoms with Gasteiger partial charge < -0.3 is 18.9 Å². The van der Waals surface area contributed by atoms with Gasteiger partial charge in [0.05, 0.1) is 26.4 Å². The van der Waals surface area contributed by atoms with E-state index in [1.165, 1.54) is 0 Å². The Morgan fingerprint density at radius 1 is 0.656 bits per heavy atom. The third-order valence-electron chi connectivity index (χ3n) is 5.54. The number of hydrogen-bond donors (Lipinski definition) is 0. The van der Waals surface area contributed by atoms with Gasteiger partial charge in [-0.3, -0.25) is 0 Å². The van der Waals surface area contributed by atoms with Crippen molar-refractivity contribution in [3.8, 4) is 0 Å². The molecule has 4 atom stereocenters. The minimum atomic E-state index is -0.266. The lowest BCUT2D eigenvalue weighted by atomic mass is 10.1. The maximum Gasteiger partial charge on any atom is 0.116 e. The topological polar surface area (TPSA) is 36.9 Å². The van der Waals surface area contributed by atoms with Gasteiger partial charge in [-0.15, -0.1) is 6.58 Å². The molecule has 0 aliphatic carbocycles. The van der Waals surface area contributed by atoms with Gasteiger partial charge in [0.15, 0.2) is 0 Å². The average Bonchev–Trinajstić information content (AvgIpc) is 3.19. The molecule has 32 heavy (non-hydrogen) atoms. The normalized spacial score (nSPS) is 22.6. The minimum Gasteiger partial charge on any atom is -0.374 e. The Bertz CT molecular complexity index is 929. The molecular weight excluding hydrogens is 400 g/mol. The zero-order valence-corrected chi connectivity index (χ0v) is 18.2. The zero-order valence-electron chi connectivity index (χ0n) is 18.2. The third-order valence-corrected chi connectivity index (χ3v) is 5.54. The SMILES string of the molecule is C=C[C@H]1O[C@H](COCc2ccccc2)[C@H](OCc2ccccc2)[C@@H]1OCc1ccccc1. The van der Waals surface area contributed by atoms with Crippen LogP contribution in [-0.2, 0) is 38.8 Å². The first-order valence-corrected chi connectivity index (χ1v) is 11.0. The molecule has 0 aromatic heterocycles. The van der Waals surface area contributed by atoms with E-state index in [-0.39, 0.29) is 24.4 Å². The molecular formula is C28H30O4. The van der Waals surface area contributed by atoms with E-state index in [9.17, 15) is 0 Å². The first kappa shape index (κ1) is 22.4. The fourth-order valence-corrected chi connectivity index (χ4v) is 3.87. The quantitative estimate of drug-likeness (QED) is 0.386. The van der Waals surface area contributed by atoms with Crippen LogP contribution in [0.3, 0.4) is 0 Å². The fourth-order valence-electron chi connectivity index (χ4n) is 3.87. The molecule has 0 radical (unpaired) electrons. The van der Waals surface area contributed by atoms with Crippen LogP contribution in [0.5, 0.6) is 0 Å². The Labute approximate surface area is 190 Å². The first-order valence-electron chi connectivity index (χ1n) is 11.0. The highest BCUT2D eigenvalue weighted by molar-refractivity contribution is 5.15. The fraction of sp³-hybridized carbons (Fsp3) is 0.286. The van der Waals surface area contributed by atoms with Crippen LogP contribution in [0.15, 0.2) is 104 Å². The van der Waals surface area contributed by atoms with Gasteiger partial charge in [0, 0.05) is 0 Å². The van der Waals surface area contributed by atoms with Gasteiger partial charge in [-0.05, 0) is 16.7 Å². The highest BCUT2D eigenvalue weighted by Gasteiger charge is 2.45. The molecule has 1 aliphatic heterocycles. The van der Waals surface area contributed by atoms with Crippen LogP contribution in [0.1, 0.15) is 16.7 Å². The van der Waals surface area contributed by atoms with Crippen LogP contribution in [0, 0.1) is 0 Å². The van der Waals surface area contributed by atoms with Crippen LogP contribution in [0.2, 0.25) is 0 Å². The van der Waals surface area contributed by atoms with Crippen molar-refractivity contribution in [3.05, 3.63) is 120 Å². The van der Waals surface area contributed by atoms with E-state index in [4.69, 9.17) is 18.9 Å². The molecule has 166 valence electrons. The maximum atomic E-state index is 6.36. The summed E-state index contributed by atoms with van der Waals surface area (Å²) >= 11 is 0. The van der Waals surface area contributed by atoms with Gasteiger partial charge >= 0.3 is 0 Å². The highest BCUT2D eigenvalue weighted by atomic mass is 16.6. The lowest BCUT2D eigenvalue weighted by molar-refractivity contribution is -0.0896. The summed E-state index contributed by atoms with van der Waals surface area (Å²) in [6.07, 6.45) is 0.765. The Balaban J connectivity index is 1.43. The molecule has 0 bridgehead atoms. The van der Waals surface area contributed by atoms with Crippen LogP contribution in [0.25, 0.3) is 0 Å². The molecule has 0 N–H and O–H groups in total. The largest absolute Gasteiger partial charge is 0.374 e. The molecule has 4 heteroatoms. The molecule has 1 saturated heterocycles. The summed E-state index contributed by atoms with van der Waals surface area (Å²) in [5, 5.41) is 0. The minimum absolute atomic E-state index is 0.244. The standard InChI is InChI=1S/C28H30O4/c1-2-25-27(30-19-23-14-8-4-9-15-23)28(31-20-24-16-10-5-11-17-24)26(32-25)21-29-18-22-12-6-3-7-13-22/h2-17,25-28H,1,18-21H2/t25-,26-,27-,28+/m1/s1. The number of rotatable bonds is 11.